The van der Waals surface area contributed by atoms with Gasteiger partial charge >= 0.3 is 0 Å². The highest BCUT2D eigenvalue weighted by molar-refractivity contribution is 6.16. The van der Waals surface area contributed by atoms with Gasteiger partial charge in [-0.1, -0.05) is 194 Å². The molecule has 14 nitrogen and oxygen atoms in total. The monoisotopic (exact) mass is 1670 g/mol. The summed E-state index contributed by atoms with van der Waals surface area (Å²) in [5.41, 5.74) is 26.3. The second-order valence-corrected chi connectivity index (χ2v) is 32.6. The molecule has 0 aliphatic carbocycles. The van der Waals surface area contributed by atoms with E-state index in [-0.39, 0.29) is 0 Å². The van der Waals surface area contributed by atoms with Crippen LogP contribution in [0.25, 0.3) is 210 Å². The molecule has 0 saturated carbocycles. The van der Waals surface area contributed by atoms with Gasteiger partial charge in [0.25, 0.3) is 0 Å². The fourth-order valence-electron chi connectivity index (χ4n) is 19.5. The van der Waals surface area contributed by atoms with Crippen molar-refractivity contribution in [3.8, 4) is 184 Å². The average molecular weight is 1670 g/mol. The number of para-hydroxylation sites is 2. The van der Waals surface area contributed by atoms with Crippen molar-refractivity contribution < 1.29 is 0 Å². The molecular formula is C118H60N14. The third-order valence-electron chi connectivity index (χ3n) is 25.5. The van der Waals surface area contributed by atoms with E-state index in [1.165, 1.54) is 0 Å². The molecule has 4 aromatic heterocycles. The van der Waals surface area contributed by atoms with E-state index in [1.807, 2.05) is 243 Å². The van der Waals surface area contributed by atoms with Crippen LogP contribution in [0.5, 0.6) is 0 Å². The quantitative estimate of drug-likeness (QED) is 0.105. The molecule has 0 saturated heterocycles. The zero-order chi connectivity index (χ0) is 89.5. The van der Waals surface area contributed by atoms with Crippen LogP contribution < -0.4 is 0 Å². The lowest BCUT2D eigenvalue weighted by Crippen LogP contribution is -2.05. The smallest absolute Gasteiger partial charge is 0.104 e. The van der Waals surface area contributed by atoms with Crippen LogP contribution in [0.4, 0.5) is 0 Å². The van der Waals surface area contributed by atoms with Crippen LogP contribution in [-0.4, -0.2) is 18.3 Å². The molecular weight excluding hydrogens is 1610 g/mol. The molecule has 0 spiro atoms. The molecule has 0 aliphatic rings. The van der Waals surface area contributed by atoms with Gasteiger partial charge < -0.3 is 18.3 Å². The number of benzene rings is 18. The van der Waals surface area contributed by atoms with E-state index >= 15 is 0 Å². The third kappa shape index (κ3) is 12.7. The molecule has 22 aromatic rings. The van der Waals surface area contributed by atoms with Gasteiger partial charge in [0.15, 0.2) is 0 Å². The second kappa shape index (κ2) is 31.7. The summed E-state index contributed by atoms with van der Waals surface area (Å²) in [4.78, 5) is 0. The minimum atomic E-state index is 0.306. The van der Waals surface area contributed by atoms with Crippen LogP contribution in [-0.2, 0) is 0 Å². The molecule has 602 valence electrons. The van der Waals surface area contributed by atoms with E-state index in [1.54, 1.807) is 42.5 Å². The molecule has 14 heteroatoms. The van der Waals surface area contributed by atoms with Gasteiger partial charge in [-0.05, 0) is 270 Å². The van der Waals surface area contributed by atoms with Crippen LogP contribution in [0.15, 0.2) is 364 Å². The molecule has 0 bridgehead atoms. The van der Waals surface area contributed by atoms with Crippen molar-refractivity contribution in [3.63, 3.8) is 0 Å². The first kappa shape index (κ1) is 78.1. The van der Waals surface area contributed by atoms with Crippen molar-refractivity contribution in [2.75, 3.05) is 0 Å². The van der Waals surface area contributed by atoms with Crippen LogP contribution in [0.1, 0.15) is 55.6 Å². The molecule has 0 radical (unpaired) electrons. The minimum Gasteiger partial charge on any atom is -0.308 e. The zero-order valence-corrected chi connectivity index (χ0v) is 69.9. The number of nitrogens with zero attached hydrogens (tertiary/aromatic N) is 14. The summed E-state index contributed by atoms with van der Waals surface area (Å²) in [6.45, 7) is 0. The van der Waals surface area contributed by atoms with Gasteiger partial charge in [0.1, 0.15) is 23.3 Å². The topological polar surface area (TPSA) is 258 Å². The van der Waals surface area contributed by atoms with Crippen LogP contribution in [0.3, 0.4) is 0 Å². The first-order valence-corrected chi connectivity index (χ1v) is 42.5. The summed E-state index contributed by atoms with van der Waals surface area (Å²) < 4.78 is 8.50. The lowest BCUT2D eigenvalue weighted by molar-refractivity contribution is 1.12. The number of fused-ring (bicyclic) bond motifs is 12. The van der Waals surface area contributed by atoms with E-state index in [2.05, 4.69) is 158 Å². The van der Waals surface area contributed by atoms with Crippen molar-refractivity contribution in [1.29, 1.82) is 52.6 Å². The van der Waals surface area contributed by atoms with E-state index < -0.39 is 0 Å². The van der Waals surface area contributed by atoms with Crippen molar-refractivity contribution in [2.24, 2.45) is 0 Å². The van der Waals surface area contributed by atoms with Gasteiger partial charge in [-0.3, -0.25) is 0 Å². The van der Waals surface area contributed by atoms with Gasteiger partial charge in [0, 0.05) is 43.1 Å². The maximum absolute atomic E-state index is 12.3. The van der Waals surface area contributed by atoms with Crippen LogP contribution in [0, 0.1) is 113 Å². The summed E-state index contributed by atoms with van der Waals surface area (Å²) >= 11 is 0. The average Bonchev–Trinajstić information content (AvgIpc) is 1.57. The lowest BCUT2D eigenvalue weighted by atomic mass is 9.89. The van der Waals surface area contributed by atoms with E-state index in [4.69, 9.17) is 0 Å². The summed E-state index contributed by atoms with van der Waals surface area (Å²) in [6.07, 6.45) is 0. The van der Waals surface area contributed by atoms with Crippen molar-refractivity contribution in [3.05, 3.63) is 420 Å². The number of rotatable bonds is 13. The molecule has 0 amide bonds. The van der Waals surface area contributed by atoms with Crippen molar-refractivity contribution in [2.45, 2.75) is 0 Å². The Morgan fingerprint density at radius 1 is 0.144 bits per heavy atom. The first-order valence-electron chi connectivity index (χ1n) is 42.5. The molecule has 0 unspecified atom stereocenters. The Balaban J connectivity index is 0.721. The highest BCUT2D eigenvalue weighted by Crippen LogP contribution is 2.49. The molecule has 4 heterocycles. The number of hydrogen-bond donors (Lipinski definition) is 0. The third-order valence-corrected chi connectivity index (χ3v) is 25.5. The fourth-order valence-corrected chi connectivity index (χ4v) is 19.5. The SMILES string of the molecule is N#Cc1cccc(-c2cc(-n3c4ccc(-c5ccccc5C#N)cc4c4cc(-c5ccccc5C#N)ccc43)c(C#N)c(-n3c4ccc(-c5ccccc5C#N)cc4c4cc(-c5ccc(-c6ccc(C#N)cc6-c6ccc7c8ccccc8n(-c8cc(-c9cccc(C#N)c9)cc(-n9c%10ccccc%10c%10ccc(-c%11cccc(C#N)c%11)cc%109)c8C#N)c7c6)cc5C#N)ccc43)c2)c1. The van der Waals surface area contributed by atoms with Crippen LogP contribution in [0.2, 0.25) is 0 Å². The molecule has 22 rings (SSSR count). The van der Waals surface area contributed by atoms with Gasteiger partial charge in [-0.15, -0.1) is 0 Å². The Morgan fingerprint density at radius 3 is 0.826 bits per heavy atom. The largest absolute Gasteiger partial charge is 0.308 e. The lowest BCUT2D eigenvalue weighted by Gasteiger charge is -2.19. The van der Waals surface area contributed by atoms with E-state index in [0.717, 1.165) is 148 Å². The van der Waals surface area contributed by atoms with Crippen molar-refractivity contribution >= 4 is 87.2 Å². The predicted octanol–water partition coefficient (Wildman–Crippen LogP) is 27.8. The Bertz CT molecular complexity index is 9220. The maximum atomic E-state index is 12.3. The van der Waals surface area contributed by atoms with Crippen LogP contribution >= 0.6 is 0 Å². The summed E-state index contributed by atoms with van der Waals surface area (Å²) in [6, 6.07) is 142. The number of hydrogen-bond acceptors (Lipinski definition) is 10. The molecule has 18 aromatic carbocycles. The van der Waals surface area contributed by atoms with E-state index in [9.17, 15) is 52.6 Å². The van der Waals surface area contributed by atoms with Gasteiger partial charge in [0.05, 0.1) is 160 Å². The highest BCUT2D eigenvalue weighted by Gasteiger charge is 2.29. The molecule has 132 heavy (non-hydrogen) atoms. The van der Waals surface area contributed by atoms with Gasteiger partial charge in [0.2, 0.25) is 0 Å². The number of nitriles is 10. The maximum Gasteiger partial charge on any atom is 0.104 e. The Morgan fingerprint density at radius 2 is 0.432 bits per heavy atom. The van der Waals surface area contributed by atoms with Crippen molar-refractivity contribution in [1.82, 2.24) is 18.3 Å². The standard InChI is InChI=1S/C118H60N14/c119-61-71-14-11-20-75(46-71)78-31-40-98-96-26-7-9-28-107(96)131(113(98)55-78)117-59-89(77-22-13-16-73(48-77)63-121)60-118(106(117)70-128)132-108-29-10-8-27-97(108)99-41-33-84(56-114(99)132)100-49-74(64-122)30-38-95(100)79-32-39-94(90(50-79)68-126)83-37-45-112-104(54-83)103-53-82(93-25-6-3-19-87(93)67-125)36-44-111(103)130(112)116-58-88(76-21-12-15-72(47-76)62-120)57-115(105(116)69-127)129-109-42-34-80(91-23-4-1-17-85(91)65-123)51-101(109)102-52-81(35-43-110(102)129)92-24-5-2-18-86(92)66-124/h1-60H. The number of aromatic nitrogens is 4. The summed E-state index contributed by atoms with van der Waals surface area (Å²) in [5, 5.41) is 116. The zero-order valence-electron chi connectivity index (χ0n) is 69.9. The Labute approximate surface area is 756 Å². The predicted molar refractivity (Wildman–Crippen MR) is 520 cm³/mol. The summed E-state index contributed by atoms with van der Waals surface area (Å²) in [7, 11) is 0. The highest BCUT2D eigenvalue weighted by atomic mass is 15.0. The minimum absolute atomic E-state index is 0.306. The Kier molecular flexibility index (Phi) is 18.7. The first-order chi connectivity index (χ1) is 65.0. The molecule has 0 atom stereocenters. The van der Waals surface area contributed by atoms with Gasteiger partial charge in [-0.2, -0.15) is 52.6 Å². The molecule has 0 aliphatic heterocycles. The Hall–Kier alpha value is -19.9. The molecule has 0 N–H and O–H groups in total. The normalized spacial score (nSPS) is 11.1. The second-order valence-electron chi connectivity index (χ2n) is 32.6. The molecule has 0 fully saturated rings. The summed E-state index contributed by atoms with van der Waals surface area (Å²) in [5.74, 6) is 0. The van der Waals surface area contributed by atoms with Gasteiger partial charge in [-0.25, -0.2) is 0 Å². The fraction of sp³-hybridized carbons (Fsp3) is 0. The van der Waals surface area contributed by atoms with E-state index in [0.29, 0.717) is 117 Å².